The summed E-state index contributed by atoms with van der Waals surface area (Å²) in [5, 5.41) is 0. The summed E-state index contributed by atoms with van der Waals surface area (Å²) in [5.74, 6) is 0. The molecule has 2 N–H and O–H groups in total. The monoisotopic (exact) mass is 642 g/mol. The summed E-state index contributed by atoms with van der Waals surface area (Å²) in [5.41, 5.74) is 14.3. The van der Waals surface area contributed by atoms with Crippen molar-refractivity contribution in [3.05, 3.63) is 81.9 Å². The van der Waals surface area contributed by atoms with Gasteiger partial charge in [0.1, 0.15) is 16.5 Å². The summed E-state index contributed by atoms with van der Waals surface area (Å²) in [6, 6.07) is 18.6. The Balaban J connectivity index is 1.25. The minimum Gasteiger partial charge on any atom is -0.332 e. The topological polar surface area (TPSA) is 24.1 Å². The molecule has 4 rings (SSSR count). The van der Waals surface area contributed by atoms with E-state index < -0.39 is 16.5 Å². The highest BCUT2D eigenvalue weighted by molar-refractivity contribution is 6.78. The van der Waals surface area contributed by atoms with Crippen molar-refractivity contribution in [2.24, 2.45) is 0 Å². The van der Waals surface area contributed by atoms with E-state index in [9.17, 15) is 0 Å². The second kappa shape index (κ2) is 14.2. The second-order valence-electron chi connectivity index (χ2n) is 17.5. The molecule has 0 saturated heterocycles. The molecule has 0 radical (unpaired) electrons. The van der Waals surface area contributed by atoms with Crippen molar-refractivity contribution >= 4 is 27.6 Å². The SMILES string of the molecule is CC1=C(CCCCCCCCCC2=C(C)C([Si](C)(C)NC(C)(C)C)c3ccccc32)c2ccccc2C1[Si](C)(C)NC(C)(C)C. The van der Waals surface area contributed by atoms with E-state index in [1.165, 1.54) is 68.9 Å². The van der Waals surface area contributed by atoms with E-state index in [-0.39, 0.29) is 11.1 Å². The van der Waals surface area contributed by atoms with Gasteiger partial charge in [0.2, 0.25) is 0 Å². The zero-order chi connectivity index (χ0) is 33.2. The maximum atomic E-state index is 4.07. The largest absolute Gasteiger partial charge is 0.332 e. The fourth-order valence-electron chi connectivity index (χ4n) is 9.38. The van der Waals surface area contributed by atoms with Gasteiger partial charge in [-0.2, -0.15) is 0 Å². The Morgan fingerprint density at radius 2 is 0.822 bits per heavy atom. The van der Waals surface area contributed by atoms with Crippen LogP contribution in [0.25, 0.3) is 11.1 Å². The number of fused-ring (bicyclic) bond motifs is 2. The first kappa shape index (κ1) is 36.1. The van der Waals surface area contributed by atoms with Gasteiger partial charge in [0.15, 0.2) is 0 Å². The molecule has 0 heterocycles. The van der Waals surface area contributed by atoms with E-state index in [4.69, 9.17) is 0 Å². The standard InChI is InChI=1S/C41H66N2Si2/c1-30-32(34-26-20-22-28-36(34)38(30)44(9,10)42-40(3,4)5)24-18-16-14-13-15-17-19-25-33-31(2)39(37-29-23-21-27-35(33)37)45(11,12)43-41(6,7)8/h20-23,26-29,38-39,42-43H,13-19,24-25H2,1-12H3. The van der Waals surface area contributed by atoms with Gasteiger partial charge in [-0.15, -0.1) is 0 Å². The fraction of sp³-hybridized carbons (Fsp3) is 0.610. The van der Waals surface area contributed by atoms with E-state index in [1.54, 1.807) is 33.4 Å². The third-order valence-corrected chi connectivity index (χ3v) is 17.4. The third kappa shape index (κ3) is 8.80. The molecular formula is C41H66N2Si2. The minimum absolute atomic E-state index is 0.148. The van der Waals surface area contributed by atoms with Gasteiger partial charge in [-0.3, -0.25) is 0 Å². The fourth-order valence-corrected chi connectivity index (χ4v) is 18.1. The van der Waals surface area contributed by atoms with E-state index in [0.29, 0.717) is 11.1 Å². The van der Waals surface area contributed by atoms with Crippen LogP contribution in [0, 0.1) is 0 Å². The van der Waals surface area contributed by atoms with E-state index in [2.05, 4.69) is 140 Å². The number of hydrogen-bond acceptors (Lipinski definition) is 2. The first-order valence-electron chi connectivity index (χ1n) is 18.1. The minimum atomic E-state index is -1.70. The Hall–Kier alpha value is -1.73. The molecular weight excluding hydrogens is 577 g/mol. The van der Waals surface area contributed by atoms with Crippen LogP contribution in [-0.2, 0) is 0 Å². The van der Waals surface area contributed by atoms with Gasteiger partial charge in [-0.05, 0) is 114 Å². The van der Waals surface area contributed by atoms with Crippen molar-refractivity contribution in [2.75, 3.05) is 0 Å². The highest BCUT2D eigenvalue weighted by Gasteiger charge is 2.43. The Labute approximate surface area is 280 Å². The number of benzene rings is 2. The van der Waals surface area contributed by atoms with Gasteiger partial charge in [0.05, 0.1) is 0 Å². The van der Waals surface area contributed by atoms with Crippen LogP contribution in [-0.4, -0.2) is 27.5 Å². The Kier molecular flexibility index (Phi) is 11.4. The van der Waals surface area contributed by atoms with E-state index in [1.807, 2.05) is 0 Å². The molecule has 2 nitrogen and oxygen atoms in total. The van der Waals surface area contributed by atoms with Crippen LogP contribution in [0.1, 0.15) is 147 Å². The molecule has 248 valence electrons. The van der Waals surface area contributed by atoms with Crippen molar-refractivity contribution < 1.29 is 0 Å². The number of allylic oxidation sites excluding steroid dienone is 4. The van der Waals surface area contributed by atoms with E-state index >= 15 is 0 Å². The van der Waals surface area contributed by atoms with Crippen molar-refractivity contribution in [1.29, 1.82) is 0 Å². The highest BCUT2D eigenvalue weighted by atomic mass is 28.3. The van der Waals surface area contributed by atoms with Gasteiger partial charge in [0.25, 0.3) is 0 Å². The summed E-state index contributed by atoms with van der Waals surface area (Å²) in [6.07, 6.45) is 11.9. The molecule has 2 aliphatic rings. The molecule has 2 unspecified atom stereocenters. The van der Waals surface area contributed by atoms with Gasteiger partial charge >= 0.3 is 0 Å². The third-order valence-electron chi connectivity index (χ3n) is 10.2. The predicted octanol–water partition coefficient (Wildman–Crippen LogP) is 11.9. The molecule has 2 aliphatic carbocycles. The molecule has 2 aromatic rings. The molecule has 0 saturated carbocycles. The van der Waals surface area contributed by atoms with Crippen molar-refractivity contribution in [3.63, 3.8) is 0 Å². The maximum Gasteiger partial charge on any atom is 0.131 e. The zero-order valence-corrected chi connectivity index (χ0v) is 33.1. The summed E-state index contributed by atoms with van der Waals surface area (Å²) in [7, 11) is -3.41. The van der Waals surface area contributed by atoms with Gasteiger partial charge in [-0.1, -0.05) is 118 Å². The van der Waals surface area contributed by atoms with Crippen molar-refractivity contribution in [1.82, 2.24) is 9.96 Å². The lowest BCUT2D eigenvalue weighted by Gasteiger charge is -2.39. The molecule has 0 fully saturated rings. The van der Waals surface area contributed by atoms with Crippen LogP contribution >= 0.6 is 0 Å². The lowest BCUT2D eigenvalue weighted by atomic mass is 9.97. The first-order chi connectivity index (χ1) is 20.9. The molecule has 45 heavy (non-hydrogen) atoms. The maximum absolute atomic E-state index is 4.07. The Morgan fingerprint density at radius 3 is 1.16 bits per heavy atom. The molecule has 0 spiro atoms. The molecule has 0 aromatic heterocycles. The second-order valence-corrected chi connectivity index (χ2v) is 26.1. The lowest BCUT2D eigenvalue weighted by molar-refractivity contribution is 0.507. The van der Waals surface area contributed by atoms with Crippen LogP contribution in [0.3, 0.4) is 0 Å². The van der Waals surface area contributed by atoms with Crippen LogP contribution < -0.4 is 9.96 Å². The quantitative estimate of drug-likeness (QED) is 0.158. The molecule has 0 aliphatic heterocycles. The molecule has 0 bridgehead atoms. The smallest absolute Gasteiger partial charge is 0.131 e. The van der Waals surface area contributed by atoms with Crippen LogP contribution in [0.2, 0.25) is 26.2 Å². The van der Waals surface area contributed by atoms with Crippen LogP contribution in [0.4, 0.5) is 0 Å². The van der Waals surface area contributed by atoms with Gasteiger partial charge < -0.3 is 9.96 Å². The lowest BCUT2D eigenvalue weighted by Crippen LogP contribution is -2.58. The van der Waals surface area contributed by atoms with Crippen LogP contribution in [0.15, 0.2) is 59.7 Å². The summed E-state index contributed by atoms with van der Waals surface area (Å²) in [4.78, 5) is 8.14. The molecule has 4 heteroatoms. The van der Waals surface area contributed by atoms with Gasteiger partial charge in [-0.25, -0.2) is 0 Å². The van der Waals surface area contributed by atoms with Crippen molar-refractivity contribution in [2.45, 2.75) is 162 Å². The first-order valence-corrected chi connectivity index (χ1v) is 24.2. The number of rotatable bonds is 14. The highest BCUT2D eigenvalue weighted by Crippen LogP contribution is 2.49. The Bertz CT molecular complexity index is 1280. The molecule has 2 atom stereocenters. The number of hydrogen-bond donors (Lipinski definition) is 2. The Morgan fingerprint density at radius 1 is 0.511 bits per heavy atom. The summed E-state index contributed by atoms with van der Waals surface area (Å²) in [6.45, 7) is 28.9. The molecule has 2 aromatic carbocycles. The summed E-state index contributed by atoms with van der Waals surface area (Å²) >= 11 is 0. The van der Waals surface area contributed by atoms with Gasteiger partial charge in [0, 0.05) is 22.2 Å². The normalized spacial score (nSPS) is 19.0. The average molecular weight is 643 g/mol. The zero-order valence-electron chi connectivity index (χ0n) is 31.1. The average Bonchev–Trinajstić information content (AvgIpc) is 3.35. The van der Waals surface area contributed by atoms with Crippen molar-refractivity contribution in [3.8, 4) is 0 Å². The molecule has 0 amide bonds. The van der Waals surface area contributed by atoms with Crippen LogP contribution in [0.5, 0.6) is 0 Å². The summed E-state index contributed by atoms with van der Waals surface area (Å²) < 4.78 is 0. The number of nitrogens with one attached hydrogen (secondary N) is 2. The number of unbranched alkanes of at least 4 members (excludes halogenated alkanes) is 6. The predicted molar refractivity (Wildman–Crippen MR) is 206 cm³/mol. The van der Waals surface area contributed by atoms with E-state index in [0.717, 1.165) is 0 Å².